The van der Waals surface area contributed by atoms with Gasteiger partial charge in [-0.15, -0.1) is 11.3 Å². The van der Waals surface area contributed by atoms with Crippen LogP contribution in [0.25, 0.3) is 0 Å². The predicted molar refractivity (Wildman–Crippen MR) is 84.9 cm³/mol. The van der Waals surface area contributed by atoms with Gasteiger partial charge in [0.15, 0.2) is 0 Å². The second-order valence-electron chi connectivity index (χ2n) is 4.72. The lowest BCUT2D eigenvalue weighted by atomic mass is 10.0. The average molecular weight is 328 g/mol. The third-order valence-electron chi connectivity index (χ3n) is 3.49. The fraction of sp³-hybridized carbons (Fsp3) is 0.357. The van der Waals surface area contributed by atoms with Crippen molar-refractivity contribution in [3.63, 3.8) is 0 Å². The lowest BCUT2D eigenvalue weighted by molar-refractivity contribution is 0.201. The van der Waals surface area contributed by atoms with Gasteiger partial charge in [0.1, 0.15) is 0 Å². The third kappa shape index (κ3) is 2.85. The van der Waals surface area contributed by atoms with Gasteiger partial charge in [0, 0.05) is 49.0 Å². The highest BCUT2D eigenvalue weighted by Crippen LogP contribution is 2.39. The molecule has 1 saturated heterocycles. The highest BCUT2D eigenvalue weighted by Gasteiger charge is 2.28. The first-order valence-corrected chi connectivity index (χ1v) is 8.18. The van der Waals surface area contributed by atoms with E-state index in [0.717, 1.165) is 31.7 Å². The largest absolute Gasteiger partial charge is 0.314 e. The van der Waals surface area contributed by atoms with Crippen LogP contribution in [0.4, 0.5) is 0 Å². The van der Waals surface area contributed by atoms with Gasteiger partial charge in [-0.2, -0.15) is 0 Å². The van der Waals surface area contributed by atoms with Gasteiger partial charge in [-0.25, -0.2) is 0 Å². The van der Waals surface area contributed by atoms with Gasteiger partial charge in [0.05, 0.1) is 16.1 Å². The molecule has 3 nitrogen and oxygen atoms in total. The molecule has 0 amide bonds. The molecule has 1 atom stereocenters. The van der Waals surface area contributed by atoms with E-state index in [-0.39, 0.29) is 6.04 Å². The number of hydrogen-bond acceptors (Lipinski definition) is 4. The molecule has 2 aromatic rings. The van der Waals surface area contributed by atoms with Crippen LogP contribution in [0, 0.1) is 0 Å². The second kappa shape index (κ2) is 6.41. The molecule has 0 unspecified atom stereocenters. The number of nitrogens with zero attached hydrogens (tertiary/aromatic N) is 2. The quantitative estimate of drug-likeness (QED) is 0.935. The Labute approximate surface area is 132 Å². The predicted octanol–water partition coefficient (Wildman–Crippen LogP) is 3.44. The van der Waals surface area contributed by atoms with E-state index < -0.39 is 0 Å². The Bertz CT molecular complexity index is 548. The SMILES string of the molecule is Clc1cncc(Cl)c1[C@H](c1cccs1)N1CCNCC1. The first-order chi connectivity index (χ1) is 9.77. The Balaban J connectivity index is 2.05. The molecule has 0 radical (unpaired) electrons. The summed E-state index contributed by atoms with van der Waals surface area (Å²) in [6.45, 7) is 3.94. The minimum absolute atomic E-state index is 0.111. The summed E-state index contributed by atoms with van der Waals surface area (Å²) in [6, 6.07) is 4.32. The zero-order chi connectivity index (χ0) is 13.9. The molecule has 0 aromatic carbocycles. The van der Waals surface area contributed by atoms with Gasteiger partial charge in [0.2, 0.25) is 0 Å². The normalized spacial score (nSPS) is 18.1. The van der Waals surface area contributed by atoms with Gasteiger partial charge < -0.3 is 5.32 Å². The number of pyridine rings is 1. The minimum atomic E-state index is 0.111. The van der Waals surface area contributed by atoms with Gasteiger partial charge >= 0.3 is 0 Å². The van der Waals surface area contributed by atoms with Crippen LogP contribution in [0.3, 0.4) is 0 Å². The monoisotopic (exact) mass is 327 g/mol. The molecule has 2 aromatic heterocycles. The molecule has 3 heterocycles. The Morgan fingerprint density at radius 2 is 1.90 bits per heavy atom. The maximum Gasteiger partial charge on any atom is 0.0727 e. The van der Waals surface area contributed by atoms with Crippen LogP contribution in [0.1, 0.15) is 16.5 Å². The Morgan fingerprint density at radius 1 is 1.20 bits per heavy atom. The zero-order valence-corrected chi connectivity index (χ0v) is 13.2. The maximum absolute atomic E-state index is 6.38. The summed E-state index contributed by atoms with van der Waals surface area (Å²) in [5, 5.41) is 6.74. The number of piperazine rings is 1. The average Bonchev–Trinajstić information content (AvgIpc) is 2.98. The molecule has 20 heavy (non-hydrogen) atoms. The van der Waals surface area contributed by atoms with E-state index in [4.69, 9.17) is 23.2 Å². The molecule has 1 N–H and O–H groups in total. The summed E-state index contributed by atoms with van der Waals surface area (Å²) in [5.74, 6) is 0. The minimum Gasteiger partial charge on any atom is -0.314 e. The van der Waals surface area contributed by atoms with Crippen molar-refractivity contribution in [2.75, 3.05) is 26.2 Å². The molecular formula is C14H15Cl2N3S. The van der Waals surface area contributed by atoms with Gasteiger partial charge in [0.25, 0.3) is 0 Å². The van der Waals surface area contributed by atoms with Crippen molar-refractivity contribution in [2.24, 2.45) is 0 Å². The molecule has 0 aliphatic carbocycles. The standard InChI is InChI=1S/C14H15Cl2N3S/c15-10-8-18-9-11(16)13(10)14(12-2-1-7-20-12)19-5-3-17-4-6-19/h1-2,7-9,14,17H,3-6H2/t14-/m0/s1. The lowest BCUT2D eigenvalue weighted by Crippen LogP contribution is -2.45. The van der Waals surface area contributed by atoms with Crippen molar-refractivity contribution < 1.29 is 0 Å². The van der Waals surface area contributed by atoms with Crippen LogP contribution in [0.2, 0.25) is 10.0 Å². The Hall–Kier alpha value is -0.650. The van der Waals surface area contributed by atoms with Crippen LogP contribution in [-0.2, 0) is 0 Å². The lowest BCUT2D eigenvalue weighted by Gasteiger charge is -2.35. The first-order valence-electron chi connectivity index (χ1n) is 6.54. The van der Waals surface area contributed by atoms with E-state index in [0.29, 0.717) is 10.0 Å². The molecule has 1 aliphatic rings. The van der Waals surface area contributed by atoms with Crippen molar-refractivity contribution in [1.82, 2.24) is 15.2 Å². The van der Waals surface area contributed by atoms with Gasteiger partial charge in [-0.1, -0.05) is 29.3 Å². The molecule has 1 fully saturated rings. The van der Waals surface area contributed by atoms with Crippen LogP contribution in [0.15, 0.2) is 29.9 Å². The summed E-state index contributed by atoms with van der Waals surface area (Å²) < 4.78 is 0. The topological polar surface area (TPSA) is 28.2 Å². The molecule has 0 saturated carbocycles. The van der Waals surface area contributed by atoms with E-state index >= 15 is 0 Å². The fourth-order valence-electron chi connectivity index (χ4n) is 2.57. The number of aromatic nitrogens is 1. The highest BCUT2D eigenvalue weighted by molar-refractivity contribution is 7.10. The number of hydrogen-bond donors (Lipinski definition) is 1. The van der Waals surface area contributed by atoms with Crippen molar-refractivity contribution in [3.8, 4) is 0 Å². The molecule has 0 bridgehead atoms. The molecule has 106 valence electrons. The maximum atomic E-state index is 6.38. The zero-order valence-electron chi connectivity index (χ0n) is 10.9. The number of halogens is 2. The highest BCUT2D eigenvalue weighted by atomic mass is 35.5. The van der Waals surface area contributed by atoms with Crippen molar-refractivity contribution in [2.45, 2.75) is 6.04 Å². The Kier molecular flexibility index (Phi) is 4.58. The number of nitrogens with one attached hydrogen (secondary N) is 1. The fourth-order valence-corrected chi connectivity index (χ4v) is 4.01. The van der Waals surface area contributed by atoms with Crippen LogP contribution >= 0.6 is 34.5 Å². The summed E-state index contributed by atoms with van der Waals surface area (Å²) in [5.41, 5.74) is 0.965. The molecule has 1 aliphatic heterocycles. The van der Waals surface area contributed by atoms with E-state index in [1.54, 1.807) is 23.7 Å². The van der Waals surface area contributed by atoms with Crippen molar-refractivity contribution in [3.05, 3.63) is 50.4 Å². The van der Waals surface area contributed by atoms with Gasteiger partial charge in [-0.05, 0) is 11.4 Å². The molecule has 0 spiro atoms. The smallest absolute Gasteiger partial charge is 0.0727 e. The van der Waals surface area contributed by atoms with Crippen LogP contribution in [0.5, 0.6) is 0 Å². The molecular weight excluding hydrogens is 313 g/mol. The summed E-state index contributed by atoms with van der Waals surface area (Å²) >= 11 is 14.5. The first kappa shape index (κ1) is 14.3. The van der Waals surface area contributed by atoms with Crippen molar-refractivity contribution >= 4 is 34.5 Å². The summed E-state index contributed by atoms with van der Waals surface area (Å²) in [6.07, 6.45) is 3.34. The third-order valence-corrected chi connectivity index (χ3v) is 5.02. The van der Waals surface area contributed by atoms with E-state index in [1.807, 2.05) is 0 Å². The molecule has 6 heteroatoms. The summed E-state index contributed by atoms with van der Waals surface area (Å²) in [7, 11) is 0. The molecule has 3 rings (SSSR count). The van der Waals surface area contributed by atoms with E-state index in [1.165, 1.54) is 4.88 Å². The summed E-state index contributed by atoms with van der Waals surface area (Å²) in [4.78, 5) is 7.75. The van der Waals surface area contributed by atoms with E-state index in [2.05, 4.69) is 32.7 Å². The van der Waals surface area contributed by atoms with Crippen molar-refractivity contribution in [1.29, 1.82) is 0 Å². The van der Waals surface area contributed by atoms with Crippen LogP contribution in [-0.4, -0.2) is 36.1 Å². The Morgan fingerprint density at radius 3 is 2.50 bits per heavy atom. The van der Waals surface area contributed by atoms with Crippen LogP contribution < -0.4 is 5.32 Å². The number of rotatable bonds is 3. The van der Waals surface area contributed by atoms with E-state index in [9.17, 15) is 0 Å². The second-order valence-corrected chi connectivity index (χ2v) is 6.51. The van der Waals surface area contributed by atoms with Gasteiger partial charge in [-0.3, -0.25) is 9.88 Å². The number of thiophene rings is 1.